The van der Waals surface area contributed by atoms with Gasteiger partial charge in [0.05, 0.1) is 25.3 Å². The maximum atomic E-state index is 12.8. The van der Waals surface area contributed by atoms with E-state index in [1.807, 2.05) is 0 Å². The predicted molar refractivity (Wildman–Crippen MR) is 166 cm³/mol. The van der Waals surface area contributed by atoms with E-state index in [1.165, 1.54) is 0 Å². The second-order valence-corrected chi connectivity index (χ2v) is 9.43. The zero-order valence-corrected chi connectivity index (χ0v) is 23.9. The SMILES string of the molecule is COc1ccc(NC(=O)c2cccnc2NCCCCCCNc2ncccc2C(=O)Nc2ccc(OC)cc2)cc1. The molecule has 2 aromatic heterocycles. The van der Waals surface area contributed by atoms with Gasteiger partial charge < -0.3 is 30.7 Å². The summed E-state index contributed by atoms with van der Waals surface area (Å²) in [7, 11) is 3.20. The van der Waals surface area contributed by atoms with Crippen LogP contribution >= 0.6 is 0 Å². The van der Waals surface area contributed by atoms with Gasteiger partial charge in [-0.15, -0.1) is 0 Å². The first kappa shape index (κ1) is 29.9. The molecule has 0 unspecified atom stereocenters. The Morgan fingerprint density at radius 2 is 1.00 bits per heavy atom. The molecule has 218 valence electrons. The van der Waals surface area contributed by atoms with Crippen LogP contribution in [-0.4, -0.2) is 49.1 Å². The summed E-state index contributed by atoms with van der Waals surface area (Å²) in [5.41, 5.74) is 2.33. The summed E-state index contributed by atoms with van der Waals surface area (Å²) < 4.78 is 10.3. The molecule has 0 radical (unpaired) electrons. The smallest absolute Gasteiger partial charge is 0.259 e. The van der Waals surface area contributed by atoms with Crippen LogP contribution in [0.15, 0.2) is 85.2 Å². The number of unbranched alkanes of at least 4 members (excludes halogenated alkanes) is 3. The van der Waals surface area contributed by atoms with Crippen molar-refractivity contribution >= 4 is 34.8 Å². The summed E-state index contributed by atoms with van der Waals surface area (Å²) in [5, 5.41) is 12.4. The minimum Gasteiger partial charge on any atom is -0.497 e. The monoisotopic (exact) mass is 568 g/mol. The van der Waals surface area contributed by atoms with Gasteiger partial charge in [0, 0.05) is 36.9 Å². The Morgan fingerprint density at radius 1 is 0.595 bits per heavy atom. The van der Waals surface area contributed by atoms with Crippen molar-refractivity contribution in [2.45, 2.75) is 25.7 Å². The molecule has 2 aromatic carbocycles. The van der Waals surface area contributed by atoms with Crippen LogP contribution in [0.2, 0.25) is 0 Å². The van der Waals surface area contributed by atoms with Gasteiger partial charge in [-0.05, 0) is 85.6 Å². The van der Waals surface area contributed by atoms with Crippen molar-refractivity contribution in [3.05, 3.63) is 96.3 Å². The molecule has 4 aromatic rings. The van der Waals surface area contributed by atoms with Crippen molar-refractivity contribution in [2.75, 3.05) is 48.6 Å². The van der Waals surface area contributed by atoms with E-state index in [0.29, 0.717) is 47.2 Å². The zero-order valence-electron chi connectivity index (χ0n) is 23.9. The van der Waals surface area contributed by atoms with E-state index in [1.54, 1.807) is 99.4 Å². The number of hydrogen-bond donors (Lipinski definition) is 4. The highest BCUT2D eigenvalue weighted by Crippen LogP contribution is 2.20. The summed E-state index contributed by atoms with van der Waals surface area (Å²) >= 11 is 0. The largest absolute Gasteiger partial charge is 0.497 e. The standard InChI is InChI=1S/C32H36N6O4/c1-41-25-15-11-23(12-16-25)37-31(39)27-9-7-21-35-29(27)33-19-5-3-4-6-20-34-30-28(10-8-22-36-30)32(40)38-24-13-17-26(42-2)18-14-24/h7-18,21-22H,3-6,19-20H2,1-2H3,(H,33,35)(H,34,36)(H,37,39)(H,38,40). The van der Waals surface area contributed by atoms with E-state index >= 15 is 0 Å². The van der Waals surface area contributed by atoms with Crippen LogP contribution in [0.3, 0.4) is 0 Å². The fourth-order valence-corrected chi connectivity index (χ4v) is 4.22. The van der Waals surface area contributed by atoms with Gasteiger partial charge in [-0.3, -0.25) is 9.59 Å². The molecule has 0 aliphatic heterocycles. The molecule has 42 heavy (non-hydrogen) atoms. The van der Waals surface area contributed by atoms with E-state index in [4.69, 9.17) is 9.47 Å². The molecule has 0 saturated heterocycles. The number of nitrogens with zero attached hydrogens (tertiary/aromatic N) is 2. The molecule has 4 N–H and O–H groups in total. The third kappa shape index (κ3) is 8.69. The fraction of sp³-hybridized carbons (Fsp3) is 0.250. The molecule has 0 spiro atoms. The summed E-state index contributed by atoms with van der Waals surface area (Å²) in [5.74, 6) is 2.10. The van der Waals surface area contributed by atoms with Crippen molar-refractivity contribution < 1.29 is 19.1 Å². The van der Waals surface area contributed by atoms with Gasteiger partial charge in [0.15, 0.2) is 0 Å². The molecule has 10 heteroatoms. The summed E-state index contributed by atoms with van der Waals surface area (Å²) in [6, 6.07) is 21.4. The van der Waals surface area contributed by atoms with Crippen LogP contribution in [0.1, 0.15) is 46.4 Å². The molecule has 4 rings (SSSR count). The molecule has 0 aliphatic rings. The highest BCUT2D eigenvalue weighted by atomic mass is 16.5. The number of nitrogens with one attached hydrogen (secondary N) is 4. The molecule has 0 bridgehead atoms. The molecule has 2 amide bonds. The van der Waals surface area contributed by atoms with Gasteiger partial charge in [-0.25, -0.2) is 9.97 Å². The first-order chi connectivity index (χ1) is 20.6. The Morgan fingerprint density at radius 3 is 1.38 bits per heavy atom. The maximum Gasteiger partial charge on any atom is 0.259 e. The Labute approximate surface area is 245 Å². The molecule has 10 nitrogen and oxygen atoms in total. The summed E-state index contributed by atoms with van der Waals surface area (Å²) in [6.45, 7) is 1.40. The number of methoxy groups -OCH3 is 2. The van der Waals surface area contributed by atoms with Crippen molar-refractivity contribution in [1.82, 2.24) is 9.97 Å². The summed E-state index contributed by atoms with van der Waals surface area (Å²) in [4.78, 5) is 34.4. The van der Waals surface area contributed by atoms with Gasteiger partial charge >= 0.3 is 0 Å². The normalized spacial score (nSPS) is 10.4. The third-order valence-corrected chi connectivity index (χ3v) is 6.49. The van der Waals surface area contributed by atoms with Gasteiger partial charge in [-0.2, -0.15) is 0 Å². The number of carbonyl (C=O) groups excluding carboxylic acids is 2. The number of pyridine rings is 2. The van der Waals surface area contributed by atoms with Crippen molar-refractivity contribution in [2.24, 2.45) is 0 Å². The minimum atomic E-state index is -0.228. The first-order valence-electron chi connectivity index (χ1n) is 13.9. The van der Waals surface area contributed by atoms with E-state index in [9.17, 15) is 9.59 Å². The van der Waals surface area contributed by atoms with Gasteiger partial charge in [0.2, 0.25) is 0 Å². The fourth-order valence-electron chi connectivity index (χ4n) is 4.22. The minimum absolute atomic E-state index is 0.228. The Kier molecular flexibility index (Phi) is 11.1. The van der Waals surface area contributed by atoms with E-state index in [0.717, 1.165) is 37.2 Å². The lowest BCUT2D eigenvalue weighted by atomic mass is 10.1. The van der Waals surface area contributed by atoms with Crippen molar-refractivity contribution in [3.8, 4) is 11.5 Å². The number of rotatable bonds is 15. The Bertz CT molecular complexity index is 1330. The zero-order chi connectivity index (χ0) is 29.6. The Balaban J connectivity index is 1.17. The number of benzene rings is 2. The molecular formula is C32H36N6O4. The van der Waals surface area contributed by atoms with Crippen LogP contribution in [0.5, 0.6) is 11.5 Å². The van der Waals surface area contributed by atoms with Crippen LogP contribution in [-0.2, 0) is 0 Å². The third-order valence-electron chi connectivity index (χ3n) is 6.49. The number of aromatic nitrogens is 2. The van der Waals surface area contributed by atoms with Gasteiger partial charge in [0.25, 0.3) is 11.8 Å². The number of amides is 2. The van der Waals surface area contributed by atoms with E-state index < -0.39 is 0 Å². The van der Waals surface area contributed by atoms with Gasteiger partial charge in [-0.1, -0.05) is 12.8 Å². The van der Waals surface area contributed by atoms with Crippen LogP contribution in [0.25, 0.3) is 0 Å². The molecule has 0 aliphatic carbocycles. The van der Waals surface area contributed by atoms with Crippen LogP contribution < -0.4 is 30.7 Å². The predicted octanol–water partition coefficient (Wildman–Crippen LogP) is 6.08. The molecule has 0 fully saturated rings. The lowest BCUT2D eigenvalue weighted by molar-refractivity contribution is 0.101. The van der Waals surface area contributed by atoms with Crippen LogP contribution in [0, 0.1) is 0 Å². The van der Waals surface area contributed by atoms with E-state index in [-0.39, 0.29) is 11.8 Å². The van der Waals surface area contributed by atoms with Gasteiger partial charge in [0.1, 0.15) is 23.1 Å². The molecular weight excluding hydrogens is 532 g/mol. The second-order valence-electron chi connectivity index (χ2n) is 9.43. The number of anilines is 4. The van der Waals surface area contributed by atoms with Crippen molar-refractivity contribution in [3.63, 3.8) is 0 Å². The average molecular weight is 569 g/mol. The van der Waals surface area contributed by atoms with Crippen LogP contribution in [0.4, 0.5) is 23.0 Å². The lowest BCUT2D eigenvalue weighted by Crippen LogP contribution is -2.16. The average Bonchev–Trinajstić information content (AvgIpc) is 3.03. The van der Waals surface area contributed by atoms with E-state index in [2.05, 4.69) is 31.2 Å². The highest BCUT2D eigenvalue weighted by Gasteiger charge is 2.14. The molecule has 0 saturated carbocycles. The maximum absolute atomic E-state index is 12.8. The summed E-state index contributed by atoms with van der Waals surface area (Å²) in [6.07, 6.45) is 7.19. The number of hydrogen-bond acceptors (Lipinski definition) is 8. The Hall–Kier alpha value is -5.12. The quantitative estimate of drug-likeness (QED) is 0.127. The number of carbonyl (C=O) groups is 2. The molecule has 0 atom stereocenters. The number of ether oxygens (including phenoxy) is 2. The van der Waals surface area contributed by atoms with Crippen molar-refractivity contribution in [1.29, 1.82) is 0 Å². The lowest BCUT2D eigenvalue weighted by Gasteiger charge is -2.12. The second kappa shape index (κ2) is 15.6. The molecule has 2 heterocycles. The highest BCUT2D eigenvalue weighted by molar-refractivity contribution is 6.08. The first-order valence-corrected chi connectivity index (χ1v) is 13.9. The topological polar surface area (TPSA) is 127 Å².